The van der Waals surface area contributed by atoms with Crippen LogP contribution in [0.5, 0.6) is 0 Å². The summed E-state index contributed by atoms with van der Waals surface area (Å²) < 4.78 is 7.87. The van der Waals surface area contributed by atoms with Crippen molar-refractivity contribution in [3.8, 4) is 0 Å². The number of fused-ring (bicyclic) bond motifs is 1. The van der Waals surface area contributed by atoms with Crippen LogP contribution in [0, 0.1) is 19.8 Å². The summed E-state index contributed by atoms with van der Waals surface area (Å²) in [4.78, 5) is 10.2. The van der Waals surface area contributed by atoms with E-state index in [1.165, 1.54) is 5.56 Å². The van der Waals surface area contributed by atoms with Gasteiger partial charge in [-0.1, -0.05) is 0 Å². The van der Waals surface area contributed by atoms with Gasteiger partial charge in [-0.05, 0) is 37.3 Å². The smallest absolute Gasteiger partial charge is 0.138 e. The Morgan fingerprint density at radius 2 is 2.25 bits per heavy atom. The summed E-state index contributed by atoms with van der Waals surface area (Å²) in [5.74, 6) is 2.15. The van der Waals surface area contributed by atoms with Crippen LogP contribution in [0.3, 0.4) is 0 Å². The number of hydrogen-bond acceptors (Lipinski definition) is 6. The maximum Gasteiger partial charge on any atom is 0.138 e. The van der Waals surface area contributed by atoms with E-state index in [4.69, 9.17) is 4.74 Å². The number of aromatic nitrogens is 4. The maximum absolute atomic E-state index is 5.97. The zero-order valence-electron chi connectivity index (χ0n) is 14.1. The number of ether oxygens (including phenoxy) is 1. The predicted octanol–water partition coefficient (Wildman–Crippen LogP) is 3.23. The molecule has 0 aliphatic carbocycles. The molecule has 0 radical (unpaired) electrons. The van der Waals surface area contributed by atoms with Gasteiger partial charge in [-0.2, -0.15) is 5.10 Å². The molecule has 0 saturated carbocycles. The Bertz CT molecular complexity index is 871. The predicted molar refractivity (Wildman–Crippen MR) is 95.4 cm³/mol. The summed E-state index contributed by atoms with van der Waals surface area (Å²) in [6.45, 7) is 5.67. The highest BCUT2D eigenvalue weighted by Gasteiger charge is 2.31. The average molecular weight is 343 g/mol. The topological polar surface area (TPSA) is 64.9 Å². The van der Waals surface area contributed by atoms with E-state index in [-0.39, 0.29) is 6.10 Å². The minimum Gasteiger partial charge on any atom is -0.372 e. The molecule has 4 heterocycles. The second kappa shape index (κ2) is 6.14. The monoisotopic (exact) mass is 343 g/mol. The molecule has 1 saturated heterocycles. The van der Waals surface area contributed by atoms with Gasteiger partial charge in [-0.3, -0.25) is 4.68 Å². The fraction of sp³-hybridized carbons (Fsp3) is 0.471. The molecule has 1 aliphatic rings. The SMILES string of the molecule is Cc1nc(NC[C@@H]2CCO[C@H]2c2ccnn2C)c2c(C)csc2n1. The number of aryl methyl sites for hydroxylation is 3. The molecule has 1 N–H and O–H groups in total. The van der Waals surface area contributed by atoms with Crippen LogP contribution in [0.2, 0.25) is 0 Å². The van der Waals surface area contributed by atoms with Crippen LogP contribution in [0.25, 0.3) is 10.2 Å². The van der Waals surface area contributed by atoms with Gasteiger partial charge in [0, 0.05) is 32.3 Å². The Hall–Kier alpha value is -1.99. The molecule has 0 aromatic carbocycles. The molecule has 3 aromatic rings. The molecule has 3 aromatic heterocycles. The zero-order valence-corrected chi connectivity index (χ0v) is 14.9. The zero-order chi connectivity index (χ0) is 16.7. The summed E-state index contributed by atoms with van der Waals surface area (Å²) in [6.07, 6.45) is 2.96. The van der Waals surface area contributed by atoms with Gasteiger partial charge in [0.25, 0.3) is 0 Å². The third-order valence-corrected chi connectivity index (χ3v) is 5.62. The van der Waals surface area contributed by atoms with Gasteiger partial charge in [0.05, 0.1) is 11.1 Å². The molecule has 7 heteroatoms. The van der Waals surface area contributed by atoms with Crippen molar-refractivity contribution < 1.29 is 4.74 Å². The molecular weight excluding hydrogens is 322 g/mol. The Morgan fingerprint density at radius 1 is 1.38 bits per heavy atom. The standard InChI is InChI=1S/C17H21N5OS/c1-10-9-24-17-14(10)16(20-11(2)21-17)18-8-12-5-7-23-15(12)13-4-6-19-22(13)3/h4,6,9,12,15H,5,7-8H2,1-3H3,(H,18,20,21)/t12-,15+/m0/s1. The first-order chi connectivity index (χ1) is 11.6. The van der Waals surface area contributed by atoms with E-state index in [0.29, 0.717) is 5.92 Å². The van der Waals surface area contributed by atoms with Crippen molar-refractivity contribution >= 4 is 27.4 Å². The first-order valence-corrected chi connectivity index (χ1v) is 9.07. The molecule has 1 aliphatic heterocycles. The minimum absolute atomic E-state index is 0.0898. The number of nitrogens with zero attached hydrogens (tertiary/aromatic N) is 4. The number of rotatable bonds is 4. The van der Waals surface area contributed by atoms with E-state index in [9.17, 15) is 0 Å². The van der Waals surface area contributed by atoms with Gasteiger partial charge in [0.2, 0.25) is 0 Å². The summed E-state index contributed by atoms with van der Waals surface area (Å²) in [7, 11) is 1.97. The highest BCUT2D eigenvalue weighted by molar-refractivity contribution is 7.17. The van der Waals surface area contributed by atoms with Crippen LogP contribution in [0.1, 0.15) is 29.6 Å². The van der Waals surface area contributed by atoms with E-state index in [1.807, 2.05) is 30.9 Å². The van der Waals surface area contributed by atoms with Crippen molar-refractivity contribution in [3.05, 3.63) is 34.7 Å². The highest BCUT2D eigenvalue weighted by atomic mass is 32.1. The number of anilines is 1. The Kier molecular flexibility index (Phi) is 3.97. The first-order valence-electron chi connectivity index (χ1n) is 8.19. The van der Waals surface area contributed by atoms with Crippen LogP contribution >= 0.6 is 11.3 Å². The van der Waals surface area contributed by atoms with Crippen molar-refractivity contribution in [1.29, 1.82) is 0 Å². The molecule has 24 heavy (non-hydrogen) atoms. The van der Waals surface area contributed by atoms with Gasteiger partial charge in [-0.25, -0.2) is 9.97 Å². The van der Waals surface area contributed by atoms with E-state index in [1.54, 1.807) is 11.3 Å². The van der Waals surface area contributed by atoms with Crippen LogP contribution in [-0.2, 0) is 11.8 Å². The minimum atomic E-state index is 0.0898. The number of thiophene rings is 1. The first kappa shape index (κ1) is 15.5. The Labute approximate surface area is 144 Å². The molecule has 2 atom stereocenters. The van der Waals surface area contributed by atoms with Gasteiger partial charge in [-0.15, -0.1) is 11.3 Å². The van der Waals surface area contributed by atoms with Crippen molar-refractivity contribution in [2.24, 2.45) is 13.0 Å². The van der Waals surface area contributed by atoms with Gasteiger partial charge in [0.15, 0.2) is 0 Å². The number of nitrogens with one attached hydrogen (secondary N) is 1. The molecule has 126 valence electrons. The molecule has 0 bridgehead atoms. The molecule has 0 unspecified atom stereocenters. The Morgan fingerprint density at radius 3 is 3.04 bits per heavy atom. The lowest BCUT2D eigenvalue weighted by molar-refractivity contribution is 0.0866. The van der Waals surface area contributed by atoms with Crippen LogP contribution < -0.4 is 5.32 Å². The van der Waals surface area contributed by atoms with Crippen molar-refractivity contribution in [1.82, 2.24) is 19.7 Å². The summed E-state index contributed by atoms with van der Waals surface area (Å²) in [5.41, 5.74) is 2.36. The van der Waals surface area contributed by atoms with Crippen LogP contribution in [0.15, 0.2) is 17.6 Å². The molecule has 6 nitrogen and oxygen atoms in total. The molecule has 4 rings (SSSR count). The average Bonchev–Trinajstić information content (AvgIpc) is 3.25. The Balaban J connectivity index is 1.57. The lowest BCUT2D eigenvalue weighted by Gasteiger charge is -2.20. The molecule has 0 spiro atoms. The lowest BCUT2D eigenvalue weighted by Crippen LogP contribution is -2.20. The lowest BCUT2D eigenvalue weighted by atomic mass is 9.99. The maximum atomic E-state index is 5.97. The normalized spacial score (nSPS) is 20.8. The van der Waals surface area contributed by atoms with E-state index >= 15 is 0 Å². The van der Waals surface area contributed by atoms with Crippen LogP contribution in [-0.4, -0.2) is 32.9 Å². The van der Waals surface area contributed by atoms with E-state index < -0.39 is 0 Å². The fourth-order valence-corrected chi connectivity index (χ4v) is 4.35. The van der Waals surface area contributed by atoms with Gasteiger partial charge < -0.3 is 10.1 Å². The second-order valence-corrected chi connectivity index (χ2v) is 7.18. The fourth-order valence-electron chi connectivity index (χ4n) is 3.38. The van der Waals surface area contributed by atoms with Gasteiger partial charge in [0.1, 0.15) is 22.6 Å². The highest BCUT2D eigenvalue weighted by Crippen LogP contribution is 2.35. The van der Waals surface area contributed by atoms with E-state index in [0.717, 1.165) is 47.1 Å². The second-order valence-electron chi connectivity index (χ2n) is 6.32. The molecular formula is C17H21N5OS. The van der Waals surface area contributed by atoms with Crippen molar-refractivity contribution in [2.45, 2.75) is 26.4 Å². The van der Waals surface area contributed by atoms with Crippen LogP contribution in [0.4, 0.5) is 5.82 Å². The summed E-state index contributed by atoms with van der Waals surface area (Å²) in [5, 5.41) is 11.1. The number of hydrogen-bond donors (Lipinski definition) is 1. The quantitative estimate of drug-likeness (QED) is 0.788. The summed E-state index contributed by atoms with van der Waals surface area (Å²) in [6, 6.07) is 2.04. The molecule has 0 amide bonds. The van der Waals surface area contributed by atoms with Crippen molar-refractivity contribution in [3.63, 3.8) is 0 Å². The summed E-state index contributed by atoms with van der Waals surface area (Å²) >= 11 is 1.67. The largest absolute Gasteiger partial charge is 0.372 e. The third kappa shape index (κ3) is 2.67. The molecule has 1 fully saturated rings. The third-order valence-electron chi connectivity index (χ3n) is 4.63. The van der Waals surface area contributed by atoms with Gasteiger partial charge >= 0.3 is 0 Å². The van der Waals surface area contributed by atoms with Crippen molar-refractivity contribution in [2.75, 3.05) is 18.5 Å². The van der Waals surface area contributed by atoms with E-state index in [2.05, 4.69) is 32.7 Å².